The second-order valence-corrected chi connectivity index (χ2v) is 5.17. The molecule has 0 radical (unpaired) electrons. The van der Waals surface area contributed by atoms with Crippen LogP contribution in [0.3, 0.4) is 0 Å². The Kier molecular flexibility index (Phi) is 4.39. The van der Waals surface area contributed by atoms with Gasteiger partial charge in [0.05, 0.1) is 17.8 Å². The van der Waals surface area contributed by atoms with Crippen LogP contribution >= 0.6 is 0 Å². The van der Waals surface area contributed by atoms with Crippen molar-refractivity contribution in [2.45, 2.75) is 39.9 Å². The molecule has 2 aromatic rings. The molecule has 0 atom stereocenters. The van der Waals surface area contributed by atoms with Crippen LogP contribution in [-0.4, -0.2) is 38.3 Å². The van der Waals surface area contributed by atoms with Gasteiger partial charge in [0.1, 0.15) is 0 Å². The number of hydrogen-bond acceptors (Lipinski definition) is 3. The molecule has 0 aliphatic carbocycles. The van der Waals surface area contributed by atoms with Crippen molar-refractivity contribution in [3.63, 3.8) is 0 Å². The van der Waals surface area contributed by atoms with Crippen LogP contribution in [0.4, 0.5) is 0 Å². The highest BCUT2D eigenvalue weighted by atomic mass is 16.4. The minimum atomic E-state index is -0.807. The van der Waals surface area contributed by atoms with E-state index in [1.165, 1.54) is 0 Å². The molecule has 5 heteroatoms. The number of aromatic nitrogens is 2. The predicted octanol–water partition coefficient (Wildman–Crippen LogP) is 2.35. The zero-order chi connectivity index (χ0) is 14.7. The van der Waals surface area contributed by atoms with E-state index in [0.29, 0.717) is 6.54 Å². The lowest BCUT2D eigenvalue weighted by Gasteiger charge is -2.23. The topological polar surface area (TPSA) is 58.4 Å². The van der Waals surface area contributed by atoms with Gasteiger partial charge in [0.2, 0.25) is 0 Å². The molecule has 2 rings (SSSR count). The first-order valence-electron chi connectivity index (χ1n) is 6.93. The van der Waals surface area contributed by atoms with Gasteiger partial charge >= 0.3 is 5.97 Å². The van der Waals surface area contributed by atoms with Crippen LogP contribution < -0.4 is 0 Å². The van der Waals surface area contributed by atoms with Crippen molar-refractivity contribution in [1.29, 1.82) is 0 Å². The molecule has 0 saturated carbocycles. The van der Waals surface area contributed by atoms with Gasteiger partial charge < -0.3 is 5.11 Å². The summed E-state index contributed by atoms with van der Waals surface area (Å²) in [6.07, 6.45) is 0. The standard InChI is InChI=1S/C15H21N3O2/c1-4-18-14-8-6-5-7-12(14)13(16-18)9-17(11(2)3)10-15(19)20/h5-8,11H,4,9-10H2,1-3H3,(H,19,20). The summed E-state index contributed by atoms with van der Waals surface area (Å²) < 4.78 is 1.96. The molecule has 0 spiro atoms. The van der Waals surface area contributed by atoms with Crippen LogP contribution in [-0.2, 0) is 17.9 Å². The number of para-hydroxylation sites is 1. The largest absolute Gasteiger partial charge is 0.480 e. The van der Waals surface area contributed by atoms with Gasteiger partial charge in [0.25, 0.3) is 0 Å². The molecule has 1 aromatic carbocycles. The lowest BCUT2D eigenvalue weighted by molar-refractivity contribution is -0.138. The number of rotatable bonds is 6. The van der Waals surface area contributed by atoms with Crippen molar-refractivity contribution < 1.29 is 9.90 Å². The lowest BCUT2D eigenvalue weighted by Crippen LogP contribution is -2.35. The number of carboxylic acids is 1. The van der Waals surface area contributed by atoms with E-state index in [1.54, 1.807) is 0 Å². The summed E-state index contributed by atoms with van der Waals surface area (Å²) in [7, 11) is 0. The van der Waals surface area contributed by atoms with E-state index in [0.717, 1.165) is 23.1 Å². The smallest absolute Gasteiger partial charge is 0.317 e. The molecule has 1 heterocycles. The molecular formula is C15H21N3O2. The summed E-state index contributed by atoms with van der Waals surface area (Å²) in [5.74, 6) is -0.807. The van der Waals surface area contributed by atoms with Gasteiger partial charge in [-0.1, -0.05) is 18.2 Å². The van der Waals surface area contributed by atoms with Gasteiger partial charge in [-0.15, -0.1) is 0 Å². The summed E-state index contributed by atoms with van der Waals surface area (Å²) in [6, 6.07) is 8.24. The molecule has 0 amide bonds. The van der Waals surface area contributed by atoms with E-state index in [-0.39, 0.29) is 12.6 Å². The van der Waals surface area contributed by atoms with Crippen molar-refractivity contribution in [3.05, 3.63) is 30.0 Å². The first-order valence-corrected chi connectivity index (χ1v) is 6.93. The van der Waals surface area contributed by atoms with Crippen LogP contribution in [0.2, 0.25) is 0 Å². The SMILES string of the molecule is CCn1nc(CN(CC(=O)O)C(C)C)c2ccccc21. The van der Waals surface area contributed by atoms with E-state index in [2.05, 4.69) is 12.0 Å². The first kappa shape index (κ1) is 14.5. The Morgan fingerprint density at radius 1 is 1.40 bits per heavy atom. The minimum Gasteiger partial charge on any atom is -0.480 e. The monoisotopic (exact) mass is 275 g/mol. The summed E-state index contributed by atoms with van der Waals surface area (Å²) in [5.41, 5.74) is 2.04. The van der Waals surface area contributed by atoms with Gasteiger partial charge in [-0.2, -0.15) is 5.10 Å². The molecule has 1 N–H and O–H groups in total. The number of carbonyl (C=O) groups is 1. The zero-order valence-electron chi connectivity index (χ0n) is 12.2. The molecule has 108 valence electrons. The summed E-state index contributed by atoms with van der Waals surface area (Å²) in [4.78, 5) is 12.9. The molecule has 0 aliphatic heterocycles. The Bertz CT molecular complexity index is 604. The van der Waals surface area contributed by atoms with E-state index < -0.39 is 5.97 Å². The Labute approximate surface area is 118 Å². The summed E-state index contributed by atoms with van der Waals surface area (Å²) in [6.45, 7) is 7.45. The van der Waals surface area contributed by atoms with Crippen LogP contribution in [0, 0.1) is 0 Å². The fourth-order valence-corrected chi connectivity index (χ4v) is 2.34. The average Bonchev–Trinajstić information content (AvgIpc) is 2.76. The zero-order valence-corrected chi connectivity index (χ0v) is 12.2. The minimum absolute atomic E-state index is 0.0327. The van der Waals surface area contributed by atoms with Gasteiger partial charge in [0.15, 0.2) is 0 Å². The number of aryl methyl sites for hydroxylation is 1. The number of carboxylic acid groups (broad SMARTS) is 1. The highest BCUT2D eigenvalue weighted by Gasteiger charge is 2.17. The normalized spacial score (nSPS) is 11.7. The Morgan fingerprint density at radius 2 is 2.10 bits per heavy atom. The van der Waals surface area contributed by atoms with Crippen molar-refractivity contribution in [1.82, 2.24) is 14.7 Å². The summed E-state index contributed by atoms with van der Waals surface area (Å²) in [5, 5.41) is 14.7. The fraction of sp³-hybridized carbons (Fsp3) is 0.467. The Balaban J connectivity index is 2.34. The van der Waals surface area contributed by atoms with Crippen LogP contribution in [0.1, 0.15) is 26.5 Å². The maximum absolute atomic E-state index is 11.0. The second-order valence-electron chi connectivity index (χ2n) is 5.17. The van der Waals surface area contributed by atoms with Crippen molar-refractivity contribution >= 4 is 16.9 Å². The number of nitrogens with zero attached hydrogens (tertiary/aromatic N) is 3. The highest BCUT2D eigenvalue weighted by Crippen LogP contribution is 2.20. The third kappa shape index (κ3) is 2.99. The van der Waals surface area contributed by atoms with Crippen LogP contribution in [0.15, 0.2) is 24.3 Å². The number of hydrogen-bond donors (Lipinski definition) is 1. The van der Waals surface area contributed by atoms with Crippen molar-refractivity contribution in [2.24, 2.45) is 0 Å². The van der Waals surface area contributed by atoms with E-state index in [1.807, 2.05) is 47.7 Å². The number of aliphatic carboxylic acids is 1. The predicted molar refractivity (Wildman–Crippen MR) is 78.6 cm³/mol. The molecule has 5 nitrogen and oxygen atoms in total. The molecule has 0 saturated heterocycles. The second kappa shape index (κ2) is 6.05. The molecule has 0 unspecified atom stereocenters. The third-order valence-corrected chi connectivity index (χ3v) is 3.46. The van der Waals surface area contributed by atoms with E-state index in [4.69, 9.17) is 5.11 Å². The lowest BCUT2D eigenvalue weighted by atomic mass is 10.2. The number of benzene rings is 1. The van der Waals surface area contributed by atoms with Crippen LogP contribution in [0.25, 0.3) is 10.9 Å². The van der Waals surface area contributed by atoms with Gasteiger partial charge in [-0.05, 0) is 26.8 Å². The maximum Gasteiger partial charge on any atom is 0.317 e. The Hall–Kier alpha value is -1.88. The maximum atomic E-state index is 11.0. The quantitative estimate of drug-likeness (QED) is 0.879. The first-order chi connectivity index (χ1) is 9.52. The van der Waals surface area contributed by atoms with Crippen molar-refractivity contribution in [2.75, 3.05) is 6.54 Å². The van der Waals surface area contributed by atoms with Gasteiger partial charge in [0, 0.05) is 24.5 Å². The number of fused-ring (bicyclic) bond motifs is 1. The summed E-state index contributed by atoms with van der Waals surface area (Å²) >= 11 is 0. The fourth-order valence-electron chi connectivity index (χ4n) is 2.34. The van der Waals surface area contributed by atoms with E-state index in [9.17, 15) is 4.79 Å². The van der Waals surface area contributed by atoms with Gasteiger partial charge in [-0.25, -0.2) is 0 Å². The molecule has 20 heavy (non-hydrogen) atoms. The van der Waals surface area contributed by atoms with Crippen molar-refractivity contribution in [3.8, 4) is 0 Å². The van der Waals surface area contributed by atoms with Gasteiger partial charge in [-0.3, -0.25) is 14.4 Å². The molecule has 0 aliphatic rings. The molecular weight excluding hydrogens is 254 g/mol. The molecule has 0 bridgehead atoms. The molecule has 1 aromatic heterocycles. The highest BCUT2D eigenvalue weighted by molar-refractivity contribution is 5.82. The van der Waals surface area contributed by atoms with Crippen LogP contribution in [0.5, 0.6) is 0 Å². The third-order valence-electron chi connectivity index (χ3n) is 3.46. The van der Waals surface area contributed by atoms with E-state index >= 15 is 0 Å². The molecule has 0 fully saturated rings. The Morgan fingerprint density at radius 3 is 2.70 bits per heavy atom. The average molecular weight is 275 g/mol.